The molecular weight excluding hydrogens is 238 g/mol. The molecule has 1 fully saturated rings. The van der Waals surface area contributed by atoms with Gasteiger partial charge in [0.15, 0.2) is 0 Å². The van der Waals surface area contributed by atoms with Gasteiger partial charge in [0, 0.05) is 6.54 Å². The van der Waals surface area contributed by atoms with E-state index in [0.717, 1.165) is 6.42 Å². The molecule has 6 heteroatoms. The summed E-state index contributed by atoms with van der Waals surface area (Å²) in [5.41, 5.74) is 0. The summed E-state index contributed by atoms with van der Waals surface area (Å²) in [5, 5.41) is 29.4. The Morgan fingerprint density at radius 1 is 1.33 bits per heavy atom. The second kappa shape index (κ2) is 6.70. The Morgan fingerprint density at radius 3 is 2.44 bits per heavy atom. The van der Waals surface area contributed by atoms with Crippen LogP contribution >= 0.6 is 0 Å². The van der Waals surface area contributed by atoms with Crippen molar-refractivity contribution in [1.29, 1.82) is 0 Å². The lowest BCUT2D eigenvalue weighted by Crippen LogP contribution is -2.40. The van der Waals surface area contributed by atoms with Crippen LogP contribution in [0.5, 0.6) is 0 Å². The highest BCUT2D eigenvalue weighted by molar-refractivity contribution is 5.85. The van der Waals surface area contributed by atoms with Crippen LogP contribution in [-0.2, 0) is 9.59 Å². The van der Waals surface area contributed by atoms with Crippen molar-refractivity contribution in [3.8, 4) is 0 Å². The number of aliphatic hydroxyl groups excluding tert-OH is 2. The van der Waals surface area contributed by atoms with E-state index in [-0.39, 0.29) is 18.4 Å². The van der Waals surface area contributed by atoms with Gasteiger partial charge in [-0.2, -0.15) is 0 Å². The number of rotatable bonds is 6. The lowest BCUT2D eigenvalue weighted by atomic mass is 9.95. The topological polar surface area (TPSA) is 107 Å². The van der Waals surface area contributed by atoms with Crippen LogP contribution in [0.4, 0.5) is 0 Å². The number of aliphatic carboxylic acids is 1. The molecule has 0 radical (unpaired) electrons. The highest BCUT2D eigenvalue weighted by atomic mass is 16.4. The first kappa shape index (κ1) is 14.9. The third kappa shape index (κ3) is 3.68. The van der Waals surface area contributed by atoms with Crippen LogP contribution in [0.2, 0.25) is 0 Å². The zero-order chi connectivity index (χ0) is 13.7. The Labute approximate surface area is 106 Å². The third-order valence-electron chi connectivity index (χ3n) is 3.61. The van der Waals surface area contributed by atoms with Crippen molar-refractivity contribution in [3.63, 3.8) is 0 Å². The van der Waals surface area contributed by atoms with Gasteiger partial charge in [-0.25, -0.2) is 0 Å². The van der Waals surface area contributed by atoms with E-state index in [2.05, 4.69) is 5.32 Å². The summed E-state index contributed by atoms with van der Waals surface area (Å²) in [4.78, 5) is 23.0. The van der Waals surface area contributed by atoms with Gasteiger partial charge in [-0.1, -0.05) is 13.3 Å². The second-order valence-corrected chi connectivity index (χ2v) is 4.88. The minimum absolute atomic E-state index is 0.0467. The zero-order valence-electron chi connectivity index (χ0n) is 10.5. The van der Waals surface area contributed by atoms with Gasteiger partial charge in [-0.3, -0.25) is 9.59 Å². The fourth-order valence-corrected chi connectivity index (χ4v) is 2.45. The first-order valence-corrected chi connectivity index (χ1v) is 6.29. The summed E-state index contributed by atoms with van der Waals surface area (Å²) in [6, 6.07) is 0. The summed E-state index contributed by atoms with van der Waals surface area (Å²) < 4.78 is 0. The summed E-state index contributed by atoms with van der Waals surface area (Å²) in [5.74, 6) is -2.18. The number of carbonyl (C=O) groups is 2. The molecule has 0 heterocycles. The maximum atomic E-state index is 11.9. The van der Waals surface area contributed by atoms with Gasteiger partial charge in [0.05, 0.1) is 24.5 Å². The molecule has 1 rings (SSSR count). The largest absolute Gasteiger partial charge is 0.481 e. The quantitative estimate of drug-likeness (QED) is 0.519. The molecule has 6 nitrogen and oxygen atoms in total. The molecule has 0 spiro atoms. The molecule has 0 bridgehead atoms. The van der Waals surface area contributed by atoms with Crippen molar-refractivity contribution in [2.45, 2.75) is 32.3 Å². The first-order valence-electron chi connectivity index (χ1n) is 6.29. The fraction of sp³-hybridized carbons (Fsp3) is 0.833. The Balaban J connectivity index is 2.56. The van der Waals surface area contributed by atoms with Gasteiger partial charge in [0.25, 0.3) is 0 Å². The number of nitrogens with one attached hydrogen (secondary N) is 1. The lowest BCUT2D eigenvalue weighted by Gasteiger charge is -2.16. The molecule has 18 heavy (non-hydrogen) atoms. The molecule has 1 aliphatic carbocycles. The Morgan fingerprint density at radius 2 is 1.94 bits per heavy atom. The normalized spacial score (nSPS) is 28.9. The highest BCUT2D eigenvalue weighted by Gasteiger charge is 2.41. The van der Waals surface area contributed by atoms with Gasteiger partial charge in [0.1, 0.15) is 0 Å². The van der Waals surface area contributed by atoms with Crippen LogP contribution in [0.3, 0.4) is 0 Å². The van der Waals surface area contributed by atoms with Crippen LogP contribution in [0.25, 0.3) is 0 Å². The molecule has 104 valence electrons. The van der Waals surface area contributed by atoms with E-state index in [1.54, 1.807) is 0 Å². The third-order valence-corrected chi connectivity index (χ3v) is 3.61. The van der Waals surface area contributed by atoms with Crippen LogP contribution in [-0.4, -0.2) is 46.5 Å². The Kier molecular flexibility index (Phi) is 5.55. The molecule has 0 saturated heterocycles. The summed E-state index contributed by atoms with van der Waals surface area (Å²) in [6.45, 7) is 1.51. The summed E-state index contributed by atoms with van der Waals surface area (Å²) in [7, 11) is 0. The van der Waals surface area contributed by atoms with E-state index in [1.807, 2.05) is 6.92 Å². The Bertz CT molecular complexity index is 307. The van der Waals surface area contributed by atoms with E-state index in [0.29, 0.717) is 12.8 Å². The molecule has 4 N–H and O–H groups in total. The number of aliphatic hydroxyl groups is 2. The maximum Gasteiger partial charge on any atom is 0.307 e. The average molecular weight is 259 g/mol. The number of amides is 1. The summed E-state index contributed by atoms with van der Waals surface area (Å²) in [6.07, 6.45) is 0.981. The predicted octanol–water partition coefficient (Wildman–Crippen LogP) is -0.407. The number of hydrogen-bond donors (Lipinski definition) is 4. The van der Waals surface area contributed by atoms with Crippen molar-refractivity contribution in [2.75, 3.05) is 13.2 Å². The molecule has 0 aliphatic heterocycles. The van der Waals surface area contributed by atoms with Gasteiger partial charge in [-0.15, -0.1) is 0 Å². The van der Waals surface area contributed by atoms with E-state index in [1.165, 1.54) is 0 Å². The number of carboxylic acid groups (broad SMARTS) is 1. The lowest BCUT2D eigenvalue weighted by molar-refractivity contribution is -0.146. The molecule has 1 amide bonds. The number of carboxylic acids is 1. The minimum Gasteiger partial charge on any atom is -0.481 e. The van der Waals surface area contributed by atoms with Crippen molar-refractivity contribution < 1.29 is 24.9 Å². The standard InChI is InChI=1S/C12H21NO5/c1-2-7-3-9(10(4-7)12(17)18)11(16)13-5-8(15)6-14/h7-10,14-15H,2-6H2,1H3,(H,13,16)(H,17,18). The monoisotopic (exact) mass is 259 g/mol. The van der Waals surface area contributed by atoms with Crippen LogP contribution in [0, 0.1) is 17.8 Å². The van der Waals surface area contributed by atoms with Crippen molar-refractivity contribution in [2.24, 2.45) is 17.8 Å². The molecule has 1 saturated carbocycles. The van der Waals surface area contributed by atoms with Crippen molar-refractivity contribution >= 4 is 11.9 Å². The van der Waals surface area contributed by atoms with Crippen molar-refractivity contribution in [1.82, 2.24) is 5.32 Å². The molecule has 0 aromatic carbocycles. The van der Waals surface area contributed by atoms with Gasteiger partial charge in [0.2, 0.25) is 5.91 Å². The van der Waals surface area contributed by atoms with E-state index in [9.17, 15) is 9.59 Å². The molecule has 0 aromatic rings. The van der Waals surface area contributed by atoms with Crippen molar-refractivity contribution in [3.05, 3.63) is 0 Å². The smallest absolute Gasteiger partial charge is 0.307 e. The van der Waals surface area contributed by atoms with Crippen LogP contribution in [0.1, 0.15) is 26.2 Å². The zero-order valence-corrected chi connectivity index (χ0v) is 10.5. The minimum atomic E-state index is -0.999. The molecule has 0 aromatic heterocycles. The van der Waals surface area contributed by atoms with Crippen LogP contribution in [0.15, 0.2) is 0 Å². The highest BCUT2D eigenvalue weighted by Crippen LogP contribution is 2.38. The predicted molar refractivity (Wildman–Crippen MR) is 63.7 cm³/mol. The van der Waals surface area contributed by atoms with Gasteiger partial charge < -0.3 is 20.6 Å². The maximum absolute atomic E-state index is 11.9. The van der Waals surface area contributed by atoms with Gasteiger partial charge in [-0.05, 0) is 18.8 Å². The molecular formula is C12H21NO5. The van der Waals surface area contributed by atoms with E-state index < -0.39 is 30.5 Å². The number of hydrogen-bond acceptors (Lipinski definition) is 4. The van der Waals surface area contributed by atoms with E-state index >= 15 is 0 Å². The first-order chi connectivity index (χ1) is 8.49. The molecule has 1 aliphatic rings. The second-order valence-electron chi connectivity index (χ2n) is 4.88. The average Bonchev–Trinajstić information content (AvgIpc) is 2.79. The van der Waals surface area contributed by atoms with Crippen LogP contribution < -0.4 is 5.32 Å². The Hall–Kier alpha value is -1.14. The SMILES string of the molecule is CCC1CC(C(=O)O)C(C(=O)NCC(O)CO)C1. The van der Waals surface area contributed by atoms with E-state index in [4.69, 9.17) is 15.3 Å². The fourth-order valence-electron chi connectivity index (χ4n) is 2.45. The molecule has 4 atom stereocenters. The van der Waals surface area contributed by atoms with Gasteiger partial charge >= 0.3 is 5.97 Å². The summed E-state index contributed by atoms with van der Waals surface area (Å²) >= 11 is 0. The number of carbonyl (C=O) groups excluding carboxylic acids is 1. The molecule has 4 unspecified atom stereocenters.